The number of carbonyl (C=O) groups excluding carboxylic acids is 1. The maximum Gasteiger partial charge on any atom is 0.255 e. The van der Waals surface area contributed by atoms with Gasteiger partial charge in [-0.3, -0.25) is 4.79 Å². The van der Waals surface area contributed by atoms with Crippen LogP contribution in [0.15, 0.2) is 54.7 Å². The summed E-state index contributed by atoms with van der Waals surface area (Å²) in [6.07, 6.45) is 1.60. The van der Waals surface area contributed by atoms with Crippen LogP contribution < -0.4 is 20.1 Å². The molecule has 0 spiro atoms. The van der Waals surface area contributed by atoms with E-state index in [1.54, 1.807) is 38.6 Å². The number of rotatable bonds is 6. The number of aromatic nitrogens is 1. The molecule has 0 saturated heterocycles. The van der Waals surface area contributed by atoms with E-state index in [1.807, 2.05) is 44.2 Å². The SMILES string of the molecule is COc1ccc(Nc2cc(C(=O)Nc3ccc(C)cc3C)ccn2)cc1OC. The second-order valence-corrected chi connectivity index (χ2v) is 6.40. The van der Waals surface area contributed by atoms with Gasteiger partial charge in [-0.25, -0.2) is 4.98 Å². The van der Waals surface area contributed by atoms with Crippen LogP contribution in [0.4, 0.5) is 17.2 Å². The molecule has 0 aliphatic rings. The summed E-state index contributed by atoms with van der Waals surface area (Å²) in [6.45, 7) is 3.99. The molecule has 0 bridgehead atoms. The van der Waals surface area contributed by atoms with Crippen LogP contribution in [0.3, 0.4) is 0 Å². The number of amides is 1. The number of carbonyl (C=O) groups is 1. The van der Waals surface area contributed by atoms with Gasteiger partial charge in [-0.05, 0) is 49.7 Å². The van der Waals surface area contributed by atoms with E-state index in [9.17, 15) is 4.79 Å². The first-order valence-corrected chi connectivity index (χ1v) is 8.84. The highest BCUT2D eigenvalue weighted by molar-refractivity contribution is 6.05. The van der Waals surface area contributed by atoms with Crippen molar-refractivity contribution in [3.05, 3.63) is 71.4 Å². The third-order valence-electron chi connectivity index (χ3n) is 4.31. The average molecular weight is 377 g/mol. The number of nitrogens with zero attached hydrogens (tertiary/aromatic N) is 1. The zero-order chi connectivity index (χ0) is 20.1. The molecule has 3 aromatic rings. The molecule has 2 aromatic carbocycles. The number of methoxy groups -OCH3 is 2. The molecular formula is C22H23N3O3. The van der Waals surface area contributed by atoms with Gasteiger partial charge >= 0.3 is 0 Å². The molecule has 0 saturated carbocycles. The van der Waals surface area contributed by atoms with Crippen LogP contribution >= 0.6 is 0 Å². The lowest BCUT2D eigenvalue weighted by Gasteiger charge is -2.12. The summed E-state index contributed by atoms with van der Waals surface area (Å²) in [7, 11) is 3.17. The molecule has 6 nitrogen and oxygen atoms in total. The Bertz CT molecular complexity index is 1000. The largest absolute Gasteiger partial charge is 0.493 e. The molecule has 1 aromatic heterocycles. The van der Waals surface area contributed by atoms with Crippen molar-refractivity contribution in [2.45, 2.75) is 13.8 Å². The Hall–Kier alpha value is -3.54. The third-order valence-corrected chi connectivity index (χ3v) is 4.31. The number of nitrogens with one attached hydrogen (secondary N) is 2. The van der Waals surface area contributed by atoms with Gasteiger partial charge in [-0.2, -0.15) is 0 Å². The molecule has 2 N–H and O–H groups in total. The highest BCUT2D eigenvalue weighted by Crippen LogP contribution is 2.31. The maximum absolute atomic E-state index is 12.6. The van der Waals surface area contributed by atoms with Gasteiger partial charge in [0, 0.05) is 29.2 Å². The number of ether oxygens (including phenoxy) is 2. The van der Waals surface area contributed by atoms with Crippen LogP contribution in [0.5, 0.6) is 11.5 Å². The highest BCUT2D eigenvalue weighted by atomic mass is 16.5. The van der Waals surface area contributed by atoms with Gasteiger partial charge in [0.25, 0.3) is 5.91 Å². The minimum Gasteiger partial charge on any atom is -0.493 e. The average Bonchev–Trinajstić information content (AvgIpc) is 2.70. The molecule has 0 unspecified atom stereocenters. The van der Waals surface area contributed by atoms with E-state index >= 15 is 0 Å². The van der Waals surface area contributed by atoms with E-state index in [2.05, 4.69) is 15.6 Å². The number of hydrogen-bond donors (Lipinski definition) is 2. The van der Waals surface area contributed by atoms with Gasteiger partial charge in [-0.1, -0.05) is 17.7 Å². The van der Waals surface area contributed by atoms with Crippen molar-refractivity contribution < 1.29 is 14.3 Å². The van der Waals surface area contributed by atoms with Crippen LogP contribution in [-0.2, 0) is 0 Å². The zero-order valence-electron chi connectivity index (χ0n) is 16.4. The maximum atomic E-state index is 12.6. The summed E-state index contributed by atoms with van der Waals surface area (Å²) in [5.74, 6) is 1.61. The first kappa shape index (κ1) is 19.2. The van der Waals surface area contributed by atoms with Crippen LogP contribution in [0.25, 0.3) is 0 Å². The Kier molecular flexibility index (Phi) is 5.79. The van der Waals surface area contributed by atoms with E-state index in [4.69, 9.17) is 9.47 Å². The molecule has 6 heteroatoms. The summed E-state index contributed by atoms with van der Waals surface area (Å²) >= 11 is 0. The second-order valence-electron chi connectivity index (χ2n) is 6.40. The summed E-state index contributed by atoms with van der Waals surface area (Å²) in [5.41, 5.74) is 4.25. The monoisotopic (exact) mass is 377 g/mol. The normalized spacial score (nSPS) is 10.3. The standard InChI is InChI=1S/C22H23N3O3/c1-14-5-7-18(15(2)11-14)25-22(26)16-9-10-23-21(12-16)24-17-6-8-19(27-3)20(13-17)28-4/h5-13H,1-4H3,(H,23,24)(H,25,26). The lowest BCUT2D eigenvalue weighted by Crippen LogP contribution is -2.13. The van der Waals surface area contributed by atoms with Crippen molar-refractivity contribution in [1.29, 1.82) is 0 Å². The van der Waals surface area contributed by atoms with Crippen LogP contribution in [0.1, 0.15) is 21.5 Å². The lowest BCUT2D eigenvalue weighted by molar-refractivity contribution is 0.102. The van der Waals surface area contributed by atoms with Crippen LogP contribution in [-0.4, -0.2) is 25.1 Å². The Morgan fingerprint density at radius 2 is 1.71 bits per heavy atom. The Balaban J connectivity index is 1.77. The molecule has 0 aliphatic heterocycles. The van der Waals surface area contributed by atoms with E-state index in [0.717, 1.165) is 22.5 Å². The van der Waals surface area contributed by atoms with Crippen molar-refractivity contribution in [3.8, 4) is 11.5 Å². The van der Waals surface area contributed by atoms with Gasteiger partial charge in [0.2, 0.25) is 0 Å². The minimum atomic E-state index is -0.190. The van der Waals surface area contributed by atoms with Crippen molar-refractivity contribution in [2.24, 2.45) is 0 Å². The van der Waals surface area contributed by atoms with Crippen molar-refractivity contribution in [1.82, 2.24) is 4.98 Å². The van der Waals surface area contributed by atoms with Crippen LogP contribution in [0.2, 0.25) is 0 Å². The molecule has 0 fully saturated rings. The summed E-state index contributed by atoms with van der Waals surface area (Å²) in [6, 6.07) is 14.8. The van der Waals surface area contributed by atoms with Gasteiger partial charge in [-0.15, -0.1) is 0 Å². The zero-order valence-corrected chi connectivity index (χ0v) is 16.4. The Morgan fingerprint density at radius 3 is 2.43 bits per heavy atom. The fourth-order valence-electron chi connectivity index (χ4n) is 2.85. The third kappa shape index (κ3) is 4.40. The number of anilines is 3. The van der Waals surface area contributed by atoms with Gasteiger partial charge < -0.3 is 20.1 Å². The minimum absolute atomic E-state index is 0.190. The Morgan fingerprint density at radius 1 is 0.929 bits per heavy atom. The summed E-state index contributed by atoms with van der Waals surface area (Å²) in [4.78, 5) is 16.9. The molecule has 1 heterocycles. The van der Waals surface area contributed by atoms with E-state index in [-0.39, 0.29) is 5.91 Å². The molecule has 0 aliphatic carbocycles. The quantitative estimate of drug-likeness (QED) is 0.651. The molecule has 28 heavy (non-hydrogen) atoms. The van der Waals surface area contributed by atoms with E-state index in [0.29, 0.717) is 22.9 Å². The predicted molar refractivity (Wildman–Crippen MR) is 111 cm³/mol. The Labute approximate surface area is 164 Å². The number of benzene rings is 2. The number of pyridine rings is 1. The summed E-state index contributed by atoms with van der Waals surface area (Å²) in [5, 5.41) is 6.13. The van der Waals surface area contributed by atoms with Gasteiger partial charge in [0.05, 0.1) is 14.2 Å². The van der Waals surface area contributed by atoms with E-state index < -0.39 is 0 Å². The van der Waals surface area contributed by atoms with Crippen molar-refractivity contribution in [3.63, 3.8) is 0 Å². The van der Waals surface area contributed by atoms with Crippen LogP contribution in [0, 0.1) is 13.8 Å². The molecule has 0 atom stereocenters. The first-order chi connectivity index (χ1) is 13.5. The lowest BCUT2D eigenvalue weighted by atomic mass is 10.1. The molecule has 144 valence electrons. The molecule has 0 radical (unpaired) electrons. The molecule has 3 rings (SSSR count). The fourth-order valence-corrected chi connectivity index (χ4v) is 2.85. The highest BCUT2D eigenvalue weighted by Gasteiger charge is 2.10. The number of aryl methyl sites for hydroxylation is 2. The van der Waals surface area contributed by atoms with Crippen molar-refractivity contribution >= 4 is 23.1 Å². The second kappa shape index (κ2) is 8.43. The van der Waals surface area contributed by atoms with E-state index in [1.165, 1.54) is 0 Å². The predicted octanol–water partition coefficient (Wildman–Crippen LogP) is 4.71. The van der Waals surface area contributed by atoms with Gasteiger partial charge in [0.15, 0.2) is 11.5 Å². The fraction of sp³-hybridized carbons (Fsp3) is 0.182. The summed E-state index contributed by atoms with van der Waals surface area (Å²) < 4.78 is 10.6. The topological polar surface area (TPSA) is 72.5 Å². The van der Waals surface area contributed by atoms with Crippen molar-refractivity contribution in [2.75, 3.05) is 24.9 Å². The molecule has 1 amide bonds. The number of hydrogen-bond acceptors (Lipinski definition) is 5. The first-order valence-electron chi connectivity index (χ1n) is 8.84. The van der Waals surface area contributed by atoms with Gasteiger partial charge in [0.1, 0.15) is 5.82 Å². The molecular weight excluding hydrogens is 354 g/mol. The smallest absolute Gasteiger partial charge is 0.255 e.